The Morgan fingerprint density at radius 1 is 1.34 bits per heavy atom. The second kappa shape index (κ2) is 10.8. The Kier molecular flexibility index (Phi) is 8.74. The predicted molar refractivity (Wildman–Crippen MR) is 106 cm³/mol. The smallest absolute Gasteiger partial charge is 0.293 e. The van der Waals surface area contributed by atoms with Crippen LogP contribution in [-0.2, 0) is 24.2 Å². The van der Waals surface area contributed by atoms with E-state index >= 15 is 0 Å². The first kappa shape index (κ1) is 23.4. The van der Waals surface area contributed by atoms with Gasteiger partial charge in [-0.3, -0.25) is 10.1 Å². The van der Waals surface area contributed by atoms with Crippen LogP contribution in [0.3, 0.4) is 0 Å². The van der Waals surface area contributed by atoms with Crippen LogP contribution in [0, 0.1) is 10.1 Å². The van der Waals surface area contributed by atoms with E-state index in [-0.39, 0.29) is 22.8 Å². The molecule has 1 atom stereocenters. The highest BCUT2D eigenvalue weighted by molar-refractivity contribution is 7.89. The van der Waals surface area contributed by atoms with Crippen molar-refractivity contribution in [2.24, 2.45) is 5.14 Å². The van der Waals surface area contributed by atoms with Crippen molar-refractivity contribution in [3.63, 3.8) is 0 Å². The standard InChI is InChI=1S/C17H28N4O7S/c1-2-26-9-10-27-7-5-17(12-19-6-8-28-17)13-20-15-4-3-14(29(18,24)25)11-16(15)21(22)23/h3-4,11,19-20H,2,5-10,12-13H2,1H3,(H2,18,24,25). The SMILES string of the molecule is CCOCCOCCC1(CNc2ccc(S(N)(=O)=O)cc2[N+](=O)[O-])CNCCO1. The molecule has 1 aliphatic rings. The van der Waals surface area contributed by atoms with Crippen molar-refractivity contribution in [2.45, 2.75) is 23.8 Å². The lowest BCUT2D eigenvalue weighted by Gasteiger charge is -2.38. The Morgan fingerprint density at radius 3 is 2.72 bits per heavy atom. The molecular formula is C17H28N4O7S. The third kappa shape index (κ3) is 7.17. The summed E-state index contributed by atoms with van der Waals surface area (Å²) in [5.41, 5.74) is -0.798. The molecule has 0 amide bonds. The molecule has 0 saturated carbocycles. The Hall–Kier alpha value is -1.83. The maximum atomic E-state index is 11.5. The first-order chi connectivity index (χ1) is 13.8. The summed E-state index contributed by atoms with van der Waals surface area (Å²) in [7, 11) is -4.04. The largest absolute Gasteiger partial charge is 0.379 e. The van der Waals surface area contributed by atoms with Crippen molar-refractivity contribution in [3.8, 4) is 0 Å². The van der Waals surface area contributed by atoms with Gasteiger partial charge in [0, 0.05) is 45.3 Å². The molecule has 0 aromatic heterocycles. The van der Waals surface area contributed by atoms with Crippen molar-refractivity contribution in [3.05, 3.63) is 28.3 Å². The molecule has 1 fully saturated rings. The van der Waals surface area contributed by atoms with Crippen molar-refractivity contribution < 1.29 is 27.6 Å². The summed E-state index contributed by atoms with van der Waals surface area (Å²) in [6, 6.07) is 3.51. The predicted octanol–water partition coefficient (Wildman–Crippen LogP) is 0.456. The zero-order valence-electron chi connectivity index (χ0n) is 16.4. The van der Waals surface area contributed by atoms with Gasteiger partial charge in [0.1, 0.15) is 5.69 Å². The molecule has 12 heteroatoms. The zero-order chi connectivity index (χ0) is 21.3. The number of primary sulfonamides is 1. The van der Waals surface area contributed by atoms with Gasteiger partial charge >= 0.3 is 0 Å². The van der Waals surface area contributed by atoms with Crippen molar-refractivity contribution in [1.82, 2.24) is 5.32 Å². The molecule has 1 aliphatic heterocycles. The van der Waals surface area contributed by atoms with Crippen molar-refractivity contribution in [1.29, 1.82) is 0 Å². The topological polar surface area (TPSA) is 155 Å². The Morgan fingerprint density at radius 2 is 2.10 bits per heavy atom. The summed E-state index contributed by atoms with van der Waals surface area (Å²) < 4.78 is 39.7. The number of nitrogens with zero attached hydrogens (tertiary/aromatic N) is 1. The van der Waals surface area contributed by atoms with Crippen LogP contribution in [0.1, 0.15) is 13.3 Å². The van der Waals surface area contributed by atoms with Crippen LogP contribution in [0.4, 0.5) is 11.4 Å². The molecule has 4 N–H and O–H groups in total. The second-order valence-electron chi connectivity index (χ2n) is 6.60. The summed E-state index contributed by atoms with van der Waals surface area (Å²) in [6.07, 6.45) is 0.572. The van der Waals surface area contributed by atoms with Crippen LogP contribution in [0.2, 0.25) is 0 Å². The molecule has 0 aliphatic carbocycles. The molecule has 29 heavy (non-hydrogen) atoms. The van der Waals surface area contributed by atoms with Gasteiger partial charge in [-0.2, -0.15) is 0 Å². The van der Waals surface area contributed by atoms with Crippen LogP contribution in [-0.4, -0.2) is 71.6 Å². The van der Waals surface area contributed by atoms with Gasteiger partial charge < -0.3 is 24.8 Å². The van der Waals surface area contributed by atoms with Gasteiger partial charge in [0.15, 0.2) is 0 Å². The number of hydrogen-bond donors (Lipinski definition) is 3. The summed E-state index contributed by atoms with van der Waals surface area (Å²) in [4.78, 5) is 10.4. The van der Waals surface area contributed by atoms with Crippen LogP contribution in [0.15, 0.2) is 23.1 Å². The van der Waals surface area contributed by atoms with Gasteiger partial charge in [-0.1, -0.05) is 0 Å². The minimum atomic E-state index is -4.04. The van der Waals surface area contributed by atoms with E-state index in [4.69, 9.17) is 19.3 Å². The minimum Gasteiger partial charge on any atom is -0.379 e. The molecule has 0 radical (unpaired) electrons. The molecule has 0 spiro atoms. The summed E-state index contributed by atoms with van der Waals surface area (Å²) in [6.45, 7) is 6.05. The van der Waals surface area contributed by atoms with E-state index in [1.54, 1.807) is 0 Å². The molecule has 1 saturated heterocycles. The number of nitrogens with two attached hydrogens (primary N) is 1. The number of sulfonamides is 1. The summed E-state index contributed by atoms with van der Waals surface area (Å²) in [5.74, 6) is 0. The molecule has 164 valence electrons. The number of hydrogen-bond acceptors (Lipinski definition) is 9. The van der Waals surface area contributed by atoms with Crippen LogP contribution < -0.4 is 15.8 Å². The number of nitro benzene ring substituents is 1. The highest BCUT2D eigenvalue weighted by Gasteiger charge is 2.34. The number of benzene rings is 1. The fourth-order valence-corrected chi connectivity index (χ4v) is 3.47. The van der Waals surface area contributed by atoms with Crippen LogP contribution in [0.25, 0.3) is 0 Å². The lowest BCUT2D eigenvalue weighted by atomic mass is 9.98. The molecular weight excluding hydrogens is 404 g/mol. The fourth-order valence-electron chi connectivity index (χ4n) is 2.94. The Labute approximate surface area is 170 Å². The van der Waals surface area contributed by atoms with E-state index in [0.717, 1.165) is 12.6 Å². The monoisotopic (exact) mass is 432 g/mol. The number of ether oxygens (including phenoxy) is 3. The zero-order valence-corrected chi connectivity index (χ0v) is 17.2. The highest BCUT2D eigenvalue weighted by Crippen LogP contribution is 2.29. The van der Waals surface area contributed by atoms with E-state index in [1.807, 2.05) is 6.92 Å². The quantitative estimate of drug-likeness (QED) is 0.242. The van der Waals surface area contributed by atoms with Gasteiger partial charge in [0.2, 0.25) is 10.0 Å². The first-order valence-corrected chi connectivity index (χ1v) is 10.9. The van der Waals surface area contributed by atoms with E-state index in [2.05, 4.69) is 10.6 Å². The molecule has 1 aromatic carbocycles. The molecule has 11 nitrogen and oxygen atoms in total. The number of nitro groups is 1. The minimum absolute atomic E-state index is 0.188. The molecule has 0 bridgehead atoms. The number of rotatable bonds is 12. The lowest BCUT2D eigenvalue weighted by Crippen LogP contribution is -2.54. The molecule has 1 unspecified atom stereocenters. The van der Waals surface area contributed by atoms with Gasteiger partial charge in [-0.25, -0.2) is 13.6 Å². The lowest BCUT2D eigenvalue weighted by molar-refractivity contribution is -0.384. The second-order valence-corrected chi connectivity index (χ2v) is 8.16. The maximum Gasteiger partial charge on any atom is 0.293 e. The number of nitrogens with one attached hydrogen (secondary N) is 2. The Balaban J connectivity index is 2.05. The third-order valence-corrected chi connectivity index (χ3v) is 5.42. The fraction of sp³-hybridized carbons (Fsp3) is 0.647. The van der Waals surface area contributed by atoms with Gasteiger partial charge in [-0.15, -0.1) is 0 Å². The van der Waals surface area contributed by atoms with Gasteiger partial charge in [-0.05, 0) is 19.1 Å². The van der Waals surface area contributed by atoms with Crippen LogP contribution >= 0.6 is 0 Å². The molecule has 1 aromatic rings. The van der Waals surface area contributed by atoms with Crippen molar-refractivity contribution >= 4 is 21.4 Å². The molecule has 1 heterocycles. The van der Waals surface area contributed by atoms with E-state index in [0.29, 0.717) is 46.0 Å². The number of morpholine rings is 1. The number of anilines is 1. The van der Waals surface area contributed by atoms with E-state index in [9.17, 15) is 18.5 Å². The summed E-state index contributed by atoms with van der Waals surface area (Å²) in [5, 5.41) is 22.7. The van der Waals surface area contributed by atoms with E-state index < -0.39 is 20.5 Å². The van der Waals surface area contributed by atoms with Gasteiger partial charge in [0.25, 0.3) is 5.69 Å². The first-order valence-electron chi connectivity index (χ1n) is 9.33. The average molecular weight is 432 g/mol. The van der Waals surface area contributed by atoms with Crippen molar-refractivity contribution in [2.75, 3.05) is 58.0 Å². The normalized spacial score (nSPS) is 19.8. The average Bonchev–Trinajstić information content (AvgIpc) is 2.69. The van der Waals surface area contributed by atoms with Gasteiger partial charge in [0.05, 0.1) is 35.2 Å². The Bertz CT molecular complexity index is 782. The highest BCUT2D eigenvalue weighted by atomic mass is 32.2. The third-order valence-electron chi connectivity index (χ3n) is 4.51. The molecule has 2 rings (SSSR count). The van der Waals surface area contributed by atoms with Crippen LogP contribution in [0.5, 0.6) is 0 Å². The van der Waals surface area contributed by atoms with E-state index in [1.165, 1.54) is 12.1 Å². The maximum absolute atomic E-state index is 11.5. The summed E-state index contributed by atoms with van der Waals surface area (Å²) >= 11 is 0.